The van der Waals surface area contributed by atoms with Crippen molar-refractivity contribution in [1.29, 1.82) is 0 Å². The summed E-state index contributed by atoms with van der Waals surface area (Å²) >= 11 is 0. The van der Waals surface area contributed by atoms with Gasteiger partial charge in [-0.2, -0.15) is 0 Å². The number of rotatable bonds is 5. The van der Waals surface area contributed by atoms with E-state index in [2.05, 4.69) is 5.32 Å². The lowest BCUT2D eigenvalue weighted by Crippen LogP contribution is -2.31. The van der Waals surface area contributed by atoms with Gasteiger partial charge in [-0.05, 0) is 43.4 Å². The number of phenolic OH excluding ortho intramolecular Hbond substituents is 1. The Labute approximate surface area is 101 Å². The summed E-state index contributed by atoms with van der Waals surface area (Å²) < 4.78 is 0. The smallest absolute Gasteiger partial charge is 0.255 e. The van der Waals surface area contributed by atoms with Crippen molar-refractivity contribution in [2.24, 2.45) is 11.1 Å². The molecule has 4 heteroatoms. The molecule has 0 atom stereocenters. The maximum absolute atomic E-state index is 11.8. The van der Waals surface area contributed by atoms with Crippen LogP contribution in [0.3, 0.4) is 0 Å². The normalized spacial score (nSPS) is 16.5. The number of hydrogen-bond acceptors (Lipinski definition) is 3. The zero-order chi connectivity index (χ0) is 12.3. The number of carbonyl (C=O) groups excluding carboxylic acids is 1. The molecule has 1 aliphatic carbocycles. The summed E-state index contributed by atoms with van der Waals surface area (Å²) in [4.78, 5) is 11.8. The van der Waals surface area contributed by atoms with Gasteiger partial charge in [0.15, 0.2) is 0 Å². The van der Waals surface area contributed by atoms with Crippen LogP contribution in [-0.4, -0.2) is 24.1 Å². The number of amides is 1. The number of aromatic hydroxyl groups is 1. The highest BCUT2D eigenvalue weighted by molar-refractivity contribution is 5.96. The summed E-state index contributed by atoms with van der Waals surface area (Å²) in [5.74, 6) is -0.194. The molecule has 0 aromatic heterocycles. The Morgan fingerprint density at radius 3 is 2.71 bits per heavy atom. The molecule has 1 aliphatic rings. The van der Waals surface area contributed by atoms with Crippen molar-refractivity contribution in [3.63, 3.8) is 0 Å². The number of nitrogens with one attached hydrogen (secondary N) is 1. The maximum Gasteiger partial charge on any atom is 0.255 e. The van der Waals surface area contributed by atoms with Crippen LogP contribution < -0.4 is 11.1 Å². The first-order chi connectivity index (χ1) is 8.17. The van der Waals surface area contributed by atoms with E-state index >= 15 is 0 Å². The molecule has 1 aromatic carbocycles. The third kappa shape index (κ3) is 2.77. The first kappa shape index (κ1) is 11.9. The van der Waals surface area contributed by atoms with Crippen LogP contribution in [-0.2, 0) is 0 Å². The molecule has 1 aromatic rings. The summed E-state index contributed by atoms with van der Waals surface area (Å²) in [5, 5.41) is 12.4. The number of nitrogens with two attached hydrogens (primary N) is 1. The maximum atomic E-state index is 11.8. The molecular formula is C13H18N2O2. The molecule has 1 fully saturated rings. The van der Waals surface area contributed by atoms with Gasteiger partial charge in [-0.25, -0.2) is 0 Å². The number of phenols is 1. The third-order valence-corrected chi connectivity index (χ3v) is 3.40. The van der Waals surface area contributed by atoms with E-state index in [-0.39, 0.29) is 17.1 Å². The molecule has 4 nitrogen and oxygen atoms in total. The van der Waals surface area contributed by atoms with Gasteiger partial charge in [-0.1, -0.05) is 12.1 Å². The molecule has 0 radical (unpaired) electrons. The number of hydrogen-bond donors (Lipinski definition) is 3. The largest absolute Gasteiger partial charge is 0.507 e. The van der Waals surface area contributed by atoms with E-state index in [1.54, 1.807) is 18.2 Å². The average molecular weight is 234 g/mol. The zero-order valence-corrected chi connectivity index (χ0v) is 9.78. The van der Waals surface area contributed by atoms with Gasteiger partial charge in [-0.15, -0.1) is 0 Å². The second kappa shape index (κ2) is 4.75. The lowest BCUT2D eigenvalue weighted by molar-refractivity contribution is 0.0941. The summed E-state index contributed by atoms with van der Waals surface area (Å²) in [7, 11) is 0. The van der Waals surface area contributed by atoms with Gasteiger partial charge in [0.05, 0.1) is 5.56 Å². The van der Waals surface area contributed by atoms with Crippen LogP contribution in [0.2, 0.25) is 0 Å². The number of carbonyl (C=O) groups is 1. The lowest BCUT2D eigenvalue weighted by atomic mass is 10.0. The highest BCUT2D eigenvalue weighted by Crippen LogP contribution is 2.47. The van der Waals surface area contributed by atoms with Crippen molar-refractivity contribution < 1.29 is 9.90 Å². The van der Waals surface area contributed by atoms with Gasteiger partial charge in [0.25, 0.3) is 5.91 Å². The molecule has 2 rings (SSSR count). The van der Waals surface area contributed by atoms with Gasteiger partial charge in [-0.3, -0.25) is 4.79 Å². The minimum Gasteiger partial charge on any atom is -0.507 e. The summed E-state index contributed by atoms with van der Waals surface area (Å²) in [6.45, 7) is 1.31. The van der Waals surface area contributed by atoms with E-state index in [9.17, 15) is 9.90 Å². The van der Waals surface area contributed by atoms with Crippen LogP contribution in [0.5, 0.6) is 5.75 Å². The fourth-order valence-corrected chi connectivity index (χ4v) is 2.03. The monoisotopic (exact) mass is 234 g/mol. The molecule has 0 aliphatic heterocycles. The van der Waals surface area contributed by atoms with Crippen LogP contribution in [0.15, 0.2) is 24.3 Å². The van der Waals surface area contributed by atoms with Crippen molar-refractivity contribution in [2.75, 3.05) is 13.1 Å². The van der Waals surface area contributed by atoms with Crippen LogP contribution >= 0.6 is 0 Å². The Balaban J connectivity index is 1.92. The molecule has 1 amide bonds. The molecule has 0 spiro atoms. The van der Waals surface area contributed by atoms with E-state index < -0.39 is 0 Å². The van der Waals surface area contributed by atoms with Crippen LogP contribution in [0.1, 0.15) is 29.6 Å². The second-order valence-corrected chi connectivity index (χ2v) is 4.74. The fourth-order valence-electron chi connectivity index (χ4n) is 2.03. The van der Waals surface area contributed by atoms with Crippen molar-refractivity contribution >= 4 is 5.91 Å². The Bertz CT molecular complexity index is 414. The lowest BCUT2D eigenvalue weighted by Gasteiger charge is -2.15. The van der Waals surface area contributed by atoms with Crippen LogP contribution in [0, 0.1) is 5.41 Å². The minimum atomic E-state index is -0.216. The van der Waals surface area contributed by atoms with E-state index in [0.29, 0.717) is 18.7 Å². The quantitative estimate of drug-likeness (QED) is 0.717. The van der Waals surface area contributed by atoms with E-state index in [4.69, 9.17) is 5.73 Å². The van der Waals surface area contributed by atoms with E-state index in [0.717, 1.165) is 19.3 Å². The Hall–Kier alpha value is -1.55. The molecular weight excluding hydrogens is 216 g/mol. The van der Waals surface area contributed by atoms with Gasteiger partial charge >= 0.3 is 0 Å². The highest BCUT2D eigenvalue weighted by atomic mass is 16.3. The van der Waals surface area contributed by atoms with Gasteiger partial charge < -0.3 is 16.2 Å². The molecule has 4 N–H and O–H groups in total. The van der Waals surface area contributed by atoms with Gasteiger partial charge in [0.1, 0.15) is 5.75 Å². The molecule has 17 heavy (non-hydrogen) atoms. The molecule has 1 saturated carbocycles. The van der Waals surface area contributed by atoms with E-state index in [1.165, 1.54) is 6.07 Å². The Kier molecular flexibility index (Phi) is 3.33. The SMILES string of the molecule is NCCC1(CNC(=O)c2ccccc2O)CC1. The second-order valence-electron chi connectivity index (χ2n) is 4.74. The number of benzene rings is 1. The molecule has 0 heterocycles. The molecule has 0 bridgehead atoms. The zero-order valence-electron chi connectivity index (χ0n) is 9.78. The summed E-state index contributed by atoms with van der Waals surface area (Å²) in [6.07, 6.45) is 3.21. The van der Waals surface area contributed by atoms with Crippen molar-refractivity contribution in [2.45, 2.75) is 19.3 Å². The summed E-state index contributed by atoms with van der Waals surface area (Å²) in [5.41, 5.74) is 6.09. The van der Waals surface area contributed by atoms with Crippen LogP contribution in [0.25, 0.3) is 0 Å². The molecule has 0 unspecified atom stereocenters. The van der Waals surface area contributed by atoms with Crippen molar-refractivity contribution in [3.8, 4) is 5.75 Å². The minimum absolute atomic E-state index is 0.0219. The van der Waals surface area contributed by atoms with Crippen molar-refractivity contribution in [1.82, 2.24) is 5.32 Å². The fraction of sp³-hybridized carbons (Fsp3) is 0.462. The molecule has 92 valence electrons. The highest BCUT2D eigenvalue weighted by Gasteiger charge is 2.41. The first-order valence-electron chi connectivity index (χ1n) is 5.93. The van der Waals surface area contributed by atoms with Crippen molar-refractivity contribution in [3.05, 3.63) is 29.8 Å². The average Bonchev–Trinajstić information content (AvgIpc) is 3.08. The first-order valence-corrected chi connectivity index (χ1v) is 5.93. The van der Waals surface area contributed by atoms with Crippen LogP contribution in [0.4, 0.5) is 0 Å². The Morgan fingerprint density at radius 1 is 1.41 bits per heavy atom. The Morgan fingerprint density at radius 2 is 2.12 bits per heavy atom. The van der Waals surface area contributed by atoms with E-state index in [1.807, 2.05) is 0 Å². The predicted molar refractivity (Wildman–Crippen MR) is 65.8 cm³/mol. The summed E-state index contributed by atoms with van der Waals surface area (Å²) in [6, 6.07) is 6.57. The molecule has 0 saturated heterocycles. The third-order valence-electron chi connectivity index (χ3n) is 3.40. The predicted octanol–water partition coefficient (Wildman–Crippen LogP) is 1.25. The topological polar surface area (TPSA) is 75.3 Å². The standard InChI is InChI=1S/C13H18N2O2/c14-8-7-13(5-6-13)9-15-12(17)10-3-1-2-4-11(10)16/h1-4,16H,5-9,14H2,(H,15,17). The van der Waals surface area contributed by atoms with Gasteiger partial charge in [0, 0.05) is 6.54 Å². The van der Waals surface area contributed by atoms with Gasteiger partial charge in [0.2, 0.25) is 0 Å². The number of para-hydroxylation sites is 1.